The van der Waals surface area contributed by atoms with Crippen LogP contribution in [0.4, 0.5) is 5.13 Å². The van der Waals surface area contributed by atoms with E-state index in [4.69, 9.17) is 5.21 Å². The first-order valence-electron chi connectivity index (χ1n) is 3.53. The van der Waals surface area contributed by atoms with E-state index in [0.717, 1.165) is 11.3 Å². The maximum atomic E-state index is 10.9. The largest absolute Gasteiger partial charge is 0.358 e. The number of carbonyl (C=O) groups excluding carboxylic acids is 1. The van der Waals surface area contributed by atoms with Crippen LogP contribution in [-0.4, -0.2) is 22.6 Å². The summed E-state index contributed by atoms with van der Waals surface area (Å²) in [5.74, 6) is -0.552. The molecule has 0 fully saturated rings. The van der Waals surface area contributed by atoms with E-state index in [1.165, 1.54) is 11.7 Å². The van der Waals surface area contributed by atoms with Crippen molar-refractivity contribution in [3.63, 3.8) is 0 Å². The molecule has 0 radical (unpaired) electrons. The molecule has 1 aromatic rings. The molecule has 1 aromatic heterocycles. The third-order valence-electron chi connectivity index (χ3n) is 1.23. The Morgan fingerprint density at radius 2 is 2.62 bits per heavy atom. The molecule has 1 rings (SSSR count). The third kappa shape index (κ3) is 2.53. The van der Waals surface area contributed by atoms with E-state index < -0.39 is 5.91 Å². The number of rotatable bonds is 4. The van der Waals surface area contributed by atoms with Crippen molar-refractivity contribution in [2.24, 2.45) is 0 Å². The SMILES string of the molecule is C=CCNc1ncc(C(=O)NO)s1. The zero-order valence-corrected chi connectivity index (χ0v) is 7.60. The fraction of sp³-hybridized carbons (Fsp3) is 0.143. The number of hydrogen-bond acceptors (Lipinski definition) is 5. The molecule has 0 aliphatic heterocycles. The van der Waals surface area contributed by atoms with Crippen LogP contribution in [0.25, 0.3) is 0 Å². The van der Waals surface area contributed by atoms with Gasteiger partial charge in [0.15, 0.2) is 5.13 Å². The van der Waals surface area contributed by atoms with Gasteiger partial charge in [-0.2, -0.15) is 0 Å². The van der Waals surface area contributed by atoms with E-state index in [2.05, 4.69) is 16.9 Å². The Bertz CT molecular complexity index is 310. The zero-order chi connectivity index (χ0) is 9.68. The van der Waals surface area contributed by atoms with Gasteiger partial charge in [0.25, 0.3) is 5.91 Å². The fourth-order valence-electron chi connectivity index (χ4n) is 0.675. The Balaban J connectivity index is 2.63. The molecule has 0 saturated heterocycles. The monoisotopic (exact) mass is 199 g/mol. The predicted molar refractivity (Wildman–Crippen MR) is 50.1 cm³/mol. The van der Waals surface area contributed by atoms with Crippen molar-refractivity contribution in [3.8, 4) is 0 Å². The van der Waals surface area contributed by atoms with E-state index in [0.29, 0.717) is 16.6 Å². The predicted octanol–water partition coefficient (Wildman–Crippen LogP) is 0.860. The summed E-state index contributed by atoms with van der Waals surface area (Å²) >= 11 is 1.16. The highest BCUT2D eigenvalue weighted by atomic mass is 32.1. The molecular weight excluding hydrogens is 190 g/mol. The summed E-state index contributed by atoms with van der Waals surface area (Å²) in [6, 6.07) is 0. The molecule has 0 spiro atoms. The second kappa shape index (κ2) is 4.58. The summed E-state index contributed by atoms with van der Waals surface area (Å²) in [6.45, 7) is 4.12. The van der Waals surface area contributed by atoms with Crippen LogP contribution in [0, 0.1) is 0 Å². The summed E-state index contributed by atoms with van der Waals surface area (Å²) in [5, 5.41) is 11.9. The van der Waals surface area contributed by atoms with Gasteiger partial charge in [-0.15, -0.1) is 6.58 Å². The molecule has 3 N–H and O–H groups in total. The van der Waals surface area contributed by atoms with Crippen LogP contribution in [0.2, 0.25) is 0 Å². The Hall–Kier alpha value is -1.40. The molecule has 5 nitrogen and oxygen atoms in total. The van der Waals surface area contributed by atoms with Crippen LogP contribution in [0.1, 0.15) is 9.67 Å². The molecule has 0 atom stereocenters. The van der Waals surface area contributed by atoms with Crippen LogP contribution < -0.4 is 10.8 Å². The minimum absolute atomic E-state index is 0.356. The zero-order valence-electron chi connectivity index (χ0n) is 6.78. The van der Waals surface area contributed by atoms with Crippen LogP contribution in [0.15, 0.2) is 18.9 Å². The number of amides is 1. The molecule has 0 bridgehead atoms. The number of nitrogens with zero attached hydrogens (tertiary/aromatic N) is 1. The van der Waals surface area contributed by atoms with E-state index >= 15 is 0 Å². The van der Waals surface area contributed by atoms with Crippen LogP contribution in [0.5, 0.6) is 0 Å². The molecule has 1 heterocycles. The number of carbonyl (C=O) groups is 1. The number of thiazole rings is 1. The smallest absolute Gasteiger partial charge is 0.286 e. The molecule has 0 aliphatic carbocycles. The average Bonchev–Trinajstić information content (AvgIpc) is 2.62. The van der Waals surface area contributed by atoms with Crippen LogP contribution in [0.3, 0.4) is 0 Å². The van der Waals surface area contributed by atoms with Crippen molar-refractivity contribution in [2.75, 3.05) is 11.9 Å². The van der Waals surface area contributed by atoms with Gasteiger partial charge >= 0.3 is 0 Å². The van der Waals surface area contributed by atoms with Gasteiger partial charge in [-0.3, -0.25) is 10.0 Å². The molecule has 0 unspecified atom stereocenters. The highest BCUT2D eigenvalue weighted by Crippen LogP contribution is 2.17. The van der Waals surface area contributed by atoms with Crippen molar-refractivity contribution in [1.29, 1.82) is 0 Å². The molecule has 0 aromatic carbocycles. The molecule has 1 amide bonds. The van der Waals surface area contributed by atoms with Crippen molar-refractivity contribution >= 4 is 22.4 Å². The topological polar surface area (TPSA) is 74.2 Å². The molecule has 0 saturated carbocycles. The van der Waals surface area contributed by atoms with Crippen molar-refractivity contribution in [2.45, 2.75) is 0 Å². The summed E-state index contributed by atoms with van der Waals surface area (Å²) in [5.41, 5.74) is 1.53. The van der Waals surface area contributed by atoms with Gasteiger partial charge in [-0.25, -0.2) is 10.5 Å². The highest BCUT2D eigenvalue weighted by molar-refractivity contribution is 7.17. The Labute approximate surface area is 79.1 Å². The van der Waals surface area contributed by atoms with Gasteiger partial charge in [0.1, 0.15) is 4.88 Å². The molecule has 13 heavy (non-hydrogen) atoms. The summed E-state index contributed by atoms with van der Waals surface area (Å²) in [4.78, 5) is 15.1. The second-order valence-electron chi connectivity index (χ2n) is 2.14. The van der Waals surface area contributed by atoms with Gasteiger partial charge in [0.05, 0.1) is 6.20 Å². The first-order valence-corrected chi connectivity index (χ1v) is 4.34. The third-order valence-corrected chi connectivity index (χ3v) is 2.18. The van der Waals surface area contributed by atoms with Gasteiger partial charge in [-0.1, -0.05) is 17.4 Å². The first kappa shape index (κ1) is 9.69. The van der Waals surface area contributed by atoms with Gasteiger partial charge < -0.3 is 5.32 Å². The average molecular weight is 199 g/mol. The van der Waals surface area contributed by atoms with E-state index in [1.807, 2.05) is 0 Å². The number of anilines is 1. The minimum Gasteiger partial charge on any atom is -0.358 e. The maximum absolute atomic E-state index is 10.9. The number of hydroxylamine groups is 1. The van der Waals surface area contributed by atoms with Crippen molar-refractivity contribution in [1.82, 2.24) is 10.5 Å². The Morgan fingerprint density at radius 1 is 1.85 bits per heavy atom. The number of nitrogens with one attached hydrogen (secondary N) is 2. The highest BCUT2D eigenvalue weighted by Gasteiger charge is 2.08. The van der Waals surface area contributed by atoms with Gasteiger partial charge in [0, 0.05) is 6.54 Å². The first-order chi connectivity index (χ1) is 6.27. The number of hydrogen-bond donors (Lipinski definition) is 3. The van der Waals surface area contributed by atoms with E-state index in [-0.39, 0.29) is 0 Å². The van der Waals surface area contributed by atoms with E-state index in [9.17, 15) is 4.79 Å². The molecular formula is C7H9N3O2S. The second-order valence-corrected chi connectivity index (χ2v) is 3.17. The maximum Gasteiger partial charge on any atom is 0.286 e. The summed E-state index contributed by atoms with van der Waals surface area (Å²) < 4.78 is 0. The van der Waals surface area contributed by atoms with Crippen LogP contribution in [-0.2, 0) is 0 Å². The Morgan fingerprint density at radius 3 is 3.23 bits per heavy atom. The molecule has 70 valence electrons. The summed E-state index contributed by atoms with van der Waals surface area (Å²) in [6.07, 6.45) is 3.08. The molecule has 0 aliphatic rings. The number of aromatic nitrogens is 1. The lowest BCUT2D eigenvalue weighted by Gasteiger charge is -1.94. The normalized spacial score (nSPS) is 9.31. The van der Waals surface area contributed by atoms with Crippen LogP contribution >= 0.6 is 11.3 Å². The van der Waals surface area contributed by atoms with Gasteiger partial charge in [0.2, 0.25) is 0 Å². The Kier molecular flexibility index (Phi) is 3.41. The molecule has 6 heteroatoms. The summed E-state index contributed by atoms with van der Waals surface area (Å²) in [7, 11) is 0. The fourth-order valence-corrected chi connectivity index (χ4v) is 1.39. The van der Waals surface area contributed by atoms with Crippen molar-refractivity contribution in [3.05, 3.63) is 23.7 Å². The lowest BCUT2D eigenvalue weighted by molar-refractivity contribution is 0.0711. The lowest BCUT2D eigenvalue weighted by Crippen LogP contribution is -2.16. The van der Waals surface area contributed by atoms with Crippen molar-refractivity contribution < 1.29 is 10.0 Å². The lowest BCUT2D eigenvalue weighted by atomic mass is 10.5. The quantitative estimate of drug-likeness (QED) is 0.382. The minimum atomic E-state index is -0.552. The van der Waals surface area contributed by atoms with Gasteiger partial charge in [-0.05, 0) is 0 Å². The van der Waals surface area contributed by atoms with E-state index in [1.54, 1.807) is 6.08 Å². The standard InChI is InChI=1S/C7H9N3O2S/c1-2-3-8-7-9-4-5(13-7)6(11)10-12/h2,4,12H,1,3H2,(H,8,9)(H,10,11).